The molecule has 6 heteroatoms. The summed E-state index contributed by atoms with van der Waals surface area (Å²) < 4.78 is 37.1. The number of unbranched alkanes of at least 4 members (excludes halogenated alkanes) is 1. The molecule has 0 saturated carbocycles. The lowest BCUT2D eigenvalue weighted by atomic mass is 10.4. The van der Waals surface area contributed by atoms with Crippen LogP contribution in [0.3, 0.4) is 0 Å². The molecule has 0 aliphatic rings. The van der Waals surface area contributed by atoms with Gasteiger partial charge in [-0.15, -0.1) is 0 Å². The third-order valence-electron chi connectivity index (χ3n) is 1.13. The van der Waals surface area contributed by atoms with E-state index in [4.69, 9.17) is 5.11 Å². The first-order valence-corrected chi connectivity index (χ1v) is 4.22. The highest BCUT2D eigenvalue weighted by Gasteiger charge is 2.53. The highest BCUT2D eigenvalue weighted by molar-refractivity contribution is 9.10. The van der Waals surface area contributed by atoms with Crippen LogP contribution < -0.4 is 0 Å². The van der Waals surface area contributed by atoms with Gasteiger partial charge in [0.1, 0.15) is 0 Å². The number of halogens is 4. The highest BCUT2D eigenvalue weighted by atomic mass is 79.9. The lowest BCUT2D eigenvalue weighted by molar-refractivity contribution is -0.321. The van der Waals surface area contributed by atoms with Crippen LogP contribution in [0.25, 0.3) is 0 Å². The van der Waals surface area contributed by atoms with Gasteiger partial charge in [0, 0.05) is 0 Å². The molecule has 12 heavy (non-hydrogen) atoms. The van der Waals surface area contributed by atoms with E-state index in [1.807, 2.05) is 15.9 Å². The Bertz CT molecular complexity index is 135. The van der Waals surface area contributed by atoms with Crippen molar-refractivity contribution in [3.05, 3.63) is 0 Å². The molecule has 0 spiro atoms. The molecule has 74 valence electrons. The van der Waals surface area contributed by atoms with Crippen molar-refractivity contribution >= 4 is 15.9 Å². The Morgan fingerprint density at radius 1 is 1.42 bits per heavy atom. The molecule has 1 atom stereocenters. The molecule has 1 unspecified atom stereocenters. The third kappa shape index (κ3) is 3.73. The van der Waals surface area contributed by atoms with Crippen LogP contribution in [-0.2, 0) is 4.74 Å². The first-order valence-electron chi connectivity index (χ1n) is 3.43. The first kappa shape index (κ1) is 12.2. The van der Waals surface area contributed by atoms with Gasteiger partial charge >= 0.3 is 10.9 Å². The Morgan fingerprint density at radius 2 is 1.92 bits per heavy atom. The highest BCUT2D eigenvalue weighted by Crippen LogP contribution is 2.36. The van der Waals surface area contributed by atoms with Crippen molar-refractivity contribution in [3.8, 4) is 0 Å². The number of alkyl halides is 4. The minimum atomic E-state index is -4.53. The van der Waals surface area contributed by atoms with Gasteiger partial charge in [-0.1, -0.05) is 13.3 Å². The summed E-state index contributed by atoms with van der Waals surface area (Å²) in [4.78, 5) is 0. The normalized spacial score (nSPS) is 17.5. The second-order valence-corrected chi connectivity index (χ2v) is 3.28. The van der Waals surface area contributed by atoms with E-state index in [2.05, 4.69) is 4.74 Å². The lowest BCUT2D eigenvalue weighted by Gasteiger charge is -2.23. The van der Waals surface area contributed by atoms with Crippen molar-refractivity contribution in [2.24, 2.45) is 0 Å². The van der Waals surface area contributed by atoms with Gasteiger partial charge in [0.25, 0.3) is 0 Å². The van der Waals surface area contributed by atoms with Gasteiger partial charge < -0.3 is 9.84 Å². The van der Waals surface area contributed by atoms with E-state index in [0.717, 1.165) is 0 Å². The summed E-state index contributed by atoms with van der Waals surface area (Å²) in [7, 11) is 0. The second-order valence-electron chi connectivity index (χ2n) is 2.26. The third-order valence-corrected chi connectivity index (χ3v) is 1.84. The molecule has 0 aliphatic carbocycles. The van der Waals surface area contributed by atoms with Crippen LogP contribution in [0.1, 0.15) is 19.8 Å². The van der Waals surface area contributed by atoms with E-state index in [9.17, 15) is 13.2 Å². The van der Waals surface area contributed by atoms with Crippen molar-refractivity contribution < 1.29 is 23.0 Å². The van der Waals surface area contributed by atoms with Crippen LogP contribution in [0.5, 0.6) is 0 Å². The summed E-state index contributed by atoms with van der Waals surface area (Å²) in [5, 5.41) is 7.96. The van der Waals surface area contributed by atoms with Crippen LogP contribution in [0.2, 0.25) is 0 Å². The summed E-state index contributed by atoms with van der Waals surface area (Å²) in [5.74, 6) is 0. The molecule has 0 aromatic carbocycles. The Morgan fingerprint density at radius 3 is 2.25 bits per heavy atom. The topological polar surface area (TPSA) is 29.5 Å². The number of hydrogen-bond acceptors (Lipinski definition) is 2. The molecule has 0 rings (SSSR count). The summed E-state index contributed by atoms with van der Waals surface area (Å²) >= 11 is 1.94. The second kappa shape index (κ2) is 4.43. The zero-order chi connectivity index (χ0) is 9.83. The number of hydrogen-bond donors (Lipinski definition) is 1. The van der Waals surface area contributed by atoms with Crippen molar-refractivity contribution in [3.63, 3.8) is 0 Å². The average Bonchev–Trinajstić information content (AvgIpc) is 1.85. The van der Waals surface area contributed by atoms with Gasteiger partial charge in [0.15, 0.2) is 0 Å². The zero-order valence-electron chi connectivity index (χ0n) is 6.49. The maximum atomic E-state index is 12.6. The Labute approximate surface area is 76.8 Å². The zero-order valence-corrected chi connectivity index (χ0v) is 8.07. The summed E-state index contributed by atoms with van der Waals surface area (Å²) in [5.41, 5.74) is 0. The lowest BCUT2D eigenvalue weighted by Crippen LogP contribution is -2.41. The van der Waals surface area contributed by atoms with Crippen LogP contribution in [0.15, 0.2) is 0 Å². The van der Waals surface area contributed by atoms with Gasteiger partial charge in [-0.05, 0) is 22.4 Å². The van der Waals surface area contributed by atoms with Crippen LogP contribution in [0.4, 0.5) is 13.2 Å². The van der Waals surface area contributed by atoms with E-state index in [1.54, 1.807) is 6.92 Å². The molecular formula is C6H10BrF3O2. The number of aliphatic hydroxyl groups is 1. The van der Waals surface area contributed by atoms with Gasteiger partial charge in [-0.3, -0.25) is 0 Å². The predicted octanol–water partition coefficient (Wildman–Crippen LogP) is 2.41. The largest absolute Gasteiger partial charge is 0.423 e. The van der Waals surface area contributed by atoms with Crippen LogP contribution in [0, 0.1) is 0 Å². The molecule has 0 aromatic rings. The molecule has 1 N–H and O–H groups in total. The number of ether oxygens (including phenoxy) is 1. The minimum Gasteiger partial charge on any atom is -0.331 e. The van der Waals surface area contributed by atoms with Gasteiger partial charge in [0.05, 0.1) is 6.61 Å². The van der Waals surface area contributed by atoms with Crippen molar-refractivity contribution in [1.29, 1.82) is 0 Å². The molecule has 0 aromatic heterocycles. The van der Waals surface area contributed by atoms with Crippen molar-refractivity contribution in [2.75, 3.05) is 6.61 Å². The molecule has 0 saturated heterocycles. The van der Waals surface area contributed by atoms with Crippen molar-refractivity contribution in [1.82, 2.24) is 0 Å². The Kier molecular flexibility index (Phi) is 4.50. The smallest absolute Gasteiger partial charge is 0.331 e. The summed E-state index contributed by atoms with van der Waals surface area (Å²) in [6, 6.07) is 0. The van der Waals surface area contributed by atoms with Crippen molar-refractivity contribution in [2.45, 2.75) is 30.6 Å². The fourth-order valence-electron chi connectivity index (χ4n) is 0.432. The molecule has 0 amide bonds. The molecule has 0 radical (unpaired) electrons. The molecule has 0 fully saturated rings. The standard InChI is InChI=1S/C6H10BrF3O2/c1-2-3-4-12-5(7,8)6(9,10)11/h11H,2-4H2,1H3. The summed E-state index contributed by atoms with van der Waals surface area (Å²) in [6.07, 6.45) is -3.38. The molecule has 2 nitrogen and oxygen atoms in total. The van der Waals surface area contributed by atoms with Gasteiger partial charge in [-0.25, -0.2) is 0 Å². The fraction of sp³-hybridized carbons (Fsp3) is 1.00. The van der Waals surface area contributed by atoms with E-state index < -0.39 is 10.9 Å². The predicted molar refractivity (Wildman–Crippen MR) is 40.8 cm³/mol. The maximum absolute atomic E-state index is 12.6. The average molecular weight is 251 g/mol. The quantitative estimate of drug-likeness (QED) is 0.600. The van der Waals surface area contributed by atoms with Gasteiger partial charge in [0.2, 0.25) is 0 Å². The first-order chi connectivity index (χ1) is 5.31. The van der Waals surface area contributed by atoms with E-state index in [1.165, 1.54) is 0 Å². The molecule has 0 heterocycles. The monoisotopic (exact) mass is 250 g/mol. The fourth-order valence-corrected chi connectivity index (χ4v) is 0.593. The maximum Gasteiger partial charge on any atom is 0.423 e. The van der Waals surface area contributed by atoms with Crippen LogP contribution in [-0.4, -0.2) is 22.6 Å². The SMILES string of the molecule is CCCCOC(F)(Br)C(O)(F)F. The van der Waals surface area contributed by atoms with E-state index in [-0.39, 0.29) is 6.61 Å². The molecule has 0 aliphatic heterocycles. The van der Waals surface area contributed by atoms with Gasteiger partial charge in [-0.2, -0.15) is 13.2 Å². The Balaban J connectivity index is 3.88. The minimum absolute atomic E-state index is 0.172. The van der Waals surface area contributed by atoms with E-state index >= 15 is 0 Å². The number of rotatable bonds is 5. The van der Waals surface area contributed by atoms with Crippen LogP contribution >= 0.6 is 15.9 Å². The summed E-state index contributed by atoms with van der Waals surface area (Å²) in [6.45, 7) is 1.63. The molecular weight excluding hydrogens is 241 g/mol. The van der Waals surface area contributed by atoms with E-state index in [0.29, 0.717) is 12.8 Å². The Hall–Kier alpha value is 0.190. The molecule has 0 bridgehead atoms.